The molecule has 0 heterocycles. The van der Waals surface area contributed by atoms with Crippen LogP contribution in [0.5, 0.6) is 0 Å². The normalized spacial score (nSPS) is 13.7. The van der Waals surface area contributed by atoms with Gasteiger partial charge in [0.05, 0.1) is 12.7 Å². The second kappa shape index (κ2) is 8.05. The van der Waals surface area contributed by atoms with Crippen LogP contribution < -0.4 is 0 Å². The van der Waals surface area contributed by atoms with Crippen LogP contribution in [-0.2, 0) is 16.0 Å². The van der Waals surface area contributed by atoms with Gasteiger partial charge in [-0.25, -0.2) is 9.59 Å². The van der Waals surface area contributed by atoms with Crippen molar-refractivity contribution in [1.82, 2.24) is 4.90 Å². The lowest BCUT2D eigenvalue weighted by Gasteiger charge is -2.27. The van der Waals surface area contributed by atoms with Crippen molar-refractivity contribution in [3.63, 3.8) is 0 Å². The smallest absolute Gasteiger partial charge is 0.410 e. The first kappa shape index (κ1) is 19.9. The molecule has 0 aliphatic heterocycles. The average molecular weight is 381 g/mol. The van der Waals surface area contributed by atoms with Gasteiger partial charge in [-0.05, 0) is 62.4 Å². The molecule has 1 aliphatic rings. The molecular formula is C23H27NO4. The van der Waals surface area contributed by atoms with Crippen molar-refractivity contribution < 1.29 is 19.1 Å². The Morgan fingerprint density at radius 3 is 1.96 bits per heavy atom. The number of esters is 1. The van der Waals surface area contributed by atoms with E-state index in [1.54, 1.807) is 12.1 Å². The summed E-state index contributed by atoms with van der Waals surface area (Å²) in [5.74, 6) is -0.343. The summed E-state index contributed by atoms with van der Waals surface area (Å²) in [6, 6.07) is 15.7. The van der Waals surface area contributed by atoms with Gasteiger partial charge in [-0.1, -0.05) is 36.4 Å². The Kier molecular flexibility index (Phi) is 5.73. The molecule has 0 spiro atoms. The zero-order valence-corrected chi connectivity index (χ0v) is 16.9. The van der Waals surface area contributed by atoms with Gasteiger partial charge in [0.1, 0.15) is 5.60 Å². The van der Waals surface area contributed by atoms with E-state index in [0.717, 1.165) is 29.5 Å². The van der Waals surface area contributed by atoms with Crippen LogP contribution in [0.25, 0.3) is 11.1 Å². The minimum atomic E-state index is -0.496. The van der Waals surface area contributed by atoms with Gasteiger partial charge in [0.25, 0.3) is 0 Å². The van der Waals surface area contributed by atoms with Crippen molar-refractivity contribution in [1.29, 1.82) is 0 Å². The maximum absolute atomic E-state index is 12.5. The second-order valence-electron chi connectivity index (χ2n) is 8.11. The Morgan fingerprint density at radius 2 is 1.50 bits per heavy atom. The number of benzene rings is 2. The van der Waals surface area contributed by atoms with Crippen molar-refractivity contribution in [3.8, 4) is 11.1 Å². The van der Waals surface area contributed by atoms with Crippen LogP contribution in [0.3, 0.4) is 0 Å². The van der Waals surface area contributed by atoms with E-state index in [4.69, 9.17) is 9.47 Å². The molecule has 2 aromatic carbocycles. The maximum atomic E-state index is 12.5. The highest BCUT2D eigenvalue weighted by Crippen LogP contribution is 2.30. The average Bonchev–Trinajstić information content (AvgIpc) is 3.49. The number of hydrogen-bond acceptors (Lipinski definition) is 4. The van der Waals surface area contributed by atoms with E-state index in [2.05, 4.69) is 0 Å². The summed E-state index contributed by atoms with van der Waals surface area (Å²) >= 11 is 0. The molecule has 0 radical (unpaired) electrons. The molecule has 1 saturated carbocycles. The number of carbonyl (C=O) groups excluding carboxylic acids is 2. The first-order valence-electron chi connectivity index (χ1n) is 9.54. The molecule has 5 nitrogen and oxygen atoms in total. The third kappa shape index (κ3) is 5.12. The molecule has 0 aromatic heterocycles. The van der Waals surface area contributed by atoms with Crippen LogP contribution in [-0.4, -0.2) is 35.7 Å². The third-order valence-corrected chi connectivity index (χ3v) is 4.56. The van der Waals surface area contributed by atoms with Crippen LogP contribution in [0.15, 0.2) is 48.5 Å². The van der Waals surface area contributed by atoms with E-state index in [-0.39, 0.29) is 18.1 Å². The summed E-state index contributed by atoms with van der Waals surface area (Å²) in [7, 11) is 1.37. The molecule has 1 fully saturated rings. The lowest BCUT2D eigenvalue weighted by atomic mass is 10.0. The van der Waals surface area contributed by atoms with Gasteiger partial charge < -0.3 is 14.4 Å². The van der Waals surface area contributed by atoms with Crippen molar-refractivity contribution in [2.75, 3.05) is 7.11 Å². The second-order valence-corrected chi connectivity index (χ2v) is 8.11. The van der Waals surface area contributed by atoms with Crippen LogP contribution in [0.1, 0.15) is 49.5 Å². The molecule has 0 atom stereocenters. The largest absolute Gasteiger partial charge is 0.465 e. The van der Waals surface area contributed by atoms with Gasteiger partial charge in [0.15, 0.2) is 0 Å². The van der Waals surface area contributed by atoms with Crippen LogP contribution in [0, 0.1) is 0 Å². The van der Waals surface area contributed by atoms with E-state index in [0.29, 0.717) is 12.1 Å². The molecule has 0 N–H and O–H groups in total. The number of nitrogens with zero attached hydrogens (tertiary/aromatic N) is 1. The van der Waals surface area contributed by atoms with E-state index < -0.39 is 5.60 Å². The number of rotatable bonds is 5. The van der Waals surface area contributed by atoms with Gasteiger partial charge in [0, 0.05) is 12.6 Å². The molecule has 1 amide bonds. The highest BCUT2D eigenvalue weighted by molar-refractivity contribution is 5.89. The van der Waals surface area contributed by atoms with Crippen molar-refractivity contribution in [2.24, 2.45) is 0 Å². The van der Waals surface area contributed by atoms with Gasteiger partial charge in [-0.3, -0.25) is 0 Å². The zero-order chi connectivity index (χ0) is 20.3. The fourth-order valence-corrected chi connectivity index (χ4v) is 2.97. The van der Waals surface area contributed by atoms with Gasteiger partial charge in [0.2, 0.25) is 0 Å². The fourth-order valence-electron chi connectivity index (χ4n) is 2.97. The number of methoxy groups -OCH3 is 1. The Morgan fingerprint density at radius 1 is 0.964 bits per heavy atom. The van der Waals surface area contributed by atoms with Crippen LogP contribution in [0.4, 0.5) is 4.79 Å². The van der Waals surface area contributed by atoms with E-state index in [9.17, 15) is 9.59 Å². The quantitative estimate of drug-likeness (QED) is 0.681. The minimum absolute atomic E-state index is 0.252. The van der Waals surface area contributed by atoms with Gasteiger partial charge >= 0.3 is 12.1 Å². The summed E-state index contributed by atoms with van der Waals surface area (Å²) in [4.78, 5) is 25.9. The van der Waals surface area contributed by atoms with Crippen LogP contribution >= 0.6 is 0 Å². The third-order valence-electron chi connectivity index (χ3n) is 4.56. The predicted octanol–water partition coefficient (Wildman–Crippen LogP) is 5.04. The number of ether oxygens (including phenoxy) is 2. The predicted molar refractivity (Wildman–Crippen MR) is 108 cm³/mol. The molecule has 0 bridgehead atoms. The molecule has 2 aromatic rings. The monoisotopic (exact) mass is 381 g/mol. The minimum Gasteiger partial charge on any atom is -0.465 e. The molecule has 1 aliphatic carbocycles. The van der Waals surface area contributed by atoms with Crippen LogP contribution in [0.2, 0.25) is 0 Å². The Hall–Kier alpha value is -2.82. The fraction of sp³-hybridized carbons (Fsp3) is 0.391. The highest BCUT2D eigenvalue weighted by Gasteiger charge is 2.35. The van der Waals surface area contributed by atoms with Gasteiger partial charge in [-0.2, -0.15) is 0 Å². The zero-order valence-electron chi connectivity index (χ0n) is 16.9. The lowest BCUT2D eigenvalue weighted by molar-refractivity contribution is 0.0216. The Labute approximate surface area is 166 Å². The molecule has 148 valence electrons. The molecule has 0 saturated heterocycles. The summed E-state index contributed by atoms with van der Waals surface area (Å²) in [5.41, 5.74) is 3.17. The molecular weight excluding hydrogens is 354 g/mol. The first-order valence-corrected chi connectivity index (χ1v) is 9.54. The van der Waals surface area contributed by atoms with E-state index in [1.807, 2.05) is 62.1 Å². The standard InChI is InChI=1S/C23H27NO4/c1-23(2,3)28-22(26)24(20-13-14-20)15-16-5-7-17(8-6-16)18-9-11-19(12-10-18)21(25)27-4/h5-12,20H,13-15H2,1-4H3. The molecule has 28 heavy (non-hydrogen) atoms. The number of carbonyl (C=O) groups is 2. The number of hydrogen-bond donors (Lipinski definition) is 0. The Balaban J connectivity index is 1.69. The van der Waals surface area contributed by atoms with Crippen molar-refractivity contribution in [2.45, 2.75) is 51.8 Å². The summed E-state index contributed by atoms with van der Waals surface area (Å²) in [5, 5.41) is 0. The molecule has 0 unspecified atom stereocenters. The summed E-state index contributed by atoms with van der Waals surface area (Å²) < 4.78 is 10.3. The van der Waals surface area contributed by atoms with Crippen molar-refractivity contribution in [3.05, 3.63) is 59.7 Å². The summed E-state index contributed by atoms with van der Waals surface area (Å²) in [6.07, 6.45) is 1.81. The number of amides is 1. The lowest BCUT2D eigenvalue weighted by Crippen LogP contribution is -2.37. The molecule has 3 rings (SSSR count). The van der Waals surface area contributed by atoms with Crippen molar-refractivity contribution >= 4 is 12.1 Å². The van der Waals surface area contributed by atoms with E-state index >= 15 is 0 Å². The molecule has 5 heteroatoms. The van der Waals surface area contributed by atoms with Gasteiger partial charge in [-0.15, -0.1) is 0 Å². The Bertz CT molecular complexity index is 830. The topological polar surface area (TPSA) is 55.8 Å². The summed E-state index contributed by atoms with van der Waals surface area (Å²) in [6.45, 7) is 6.20. The first-order chi connectivity index (χ1) is 13.3. The maximum Gasteiger partial charge on any atom is 0.410 e. The van der Waals surface area contributed by atoms with E-state index in [1.165, 1.54) is 7.11 Å². The SMILES string of the molecule is COC(=O)c1ccc(-c2ccc(CN(C(=O)OC(C)(C)C)C3CC3)cc2)cc1. The highest BCUT2D eigenvalue weighted by atomic mass is 16.6.